The van der Waals surface area contributed by atoms with Crippen molar-refractivity contribution in [3.05, 3.63) is 11.6 Å². The molecule has 1 nitrogen and oxygen atoms in total. The topological polar surface area (TPSA) is 17.1 Å². The van der Waals surface area contributed by atoms with Gasteiger partial charge in [-0.2, -0.15) is 0 Å². The average Bonchev–Trinajstić information content (AvgIpc) is 2.49. The highest BCUT2D eigenvalue weighted by Crippen LogP contribution is 2.55. The van der Waals surface area contributed by atoms with Crippen LogP contribution < -0.4 is 0 Å². The van der Waals surface area contributed by atoms with E-state index in [1.807, 2.05) is 6.92 Å². The van der Waals surface area contributed by atoms with Crippen molar-refractivity contribution in [2.75, 3.05) is 0 Å². The molecule has 2 rings (SSSR count). The van der Waals surface area contributed by atoms with E-state index in [1.165, 1.54) is 6.42 Å². The van der Waals surface area contributed by atoms with E-state index in [2.05, 4.69) is 26.8 Å². The number of carbonyl (C=O) groups excluding carboxylic acids is 1. The molecule has 0 N–H and O–H groups in total. The minimum absolute atomic E-state index is 0.310. The molecule has 0 aromatic carbocycles. The lowest BCUT2D eigenvalue weighted by Crippen LogP contribution is -2.33. The van der Waals surface area contributed by atoms with Crippen LogP contribution in [0.15, 0.2) is 11.6 Å². The Morgan fingerprint density at radius 1 is 1.50 bits per heavy atom. The molecule has 0 radical (unpaired) electrons. The molecule has 0 bridgehead atoms. The lowest BCUT2D eigenvalue weighted by molar-refractivity contribution is -0.125. The Labute approximate surface area is 99.3 Å². The molecule has 1 heteroatoms. The van der Waals surface area contributed by atoms with Crippen LogP contribution in [0.2, 0.25) is 0 Å². The Hall–Kier alpha value is -0.590. The molecular formula is C15H24O. The van der Waals surface area contributed by atoms with E-state index < -0.39 is 0 Å². The fourth-order valence-corrected chi connectivity index (χ4v) is 4.10. The predicted molar refractivity (Wildman–Crippen MR) is 67.2 cm³/mol. The maximum Gasteiger partial charge on any atom is 0.136 e. The molecule has 2 aliphatic rings. The van der Waals surface area contributed by atoms with Gasteiger partial charge in [0.05, 0.1) is 0 Å². The quantitative estimate of drug-likeness (QED) is 0.643. The van der Waals surface area contributed by atoms with Crippen LogP contribution in [0, 0.1) is 23.2 Å². The van der Waals surface area contributed by atoms with Crippen molar-refractivity contribution in [1.29, 1.82) is 0 Å². The molecule has 1 saturated carbocycles. The Morgan fingerprint density at radius 3 is 2.81 bits per heavy atom. The minimum atomic E-state index is 0.310. The van der Waals surface area contributed by atoms with Crippen LogP contribution in [0.5, 0.6) is 0 Å². The predicted octanol–water partition coefficient (Wildman–Crippen LogP) is 3.98. The zero-order valence-electron chi connectivity index (χ0n) is 11.0. The van der Waals surface area contributed by atoms with Crippen LogP contribution in [-0.2, 0) is 4.79 Å². The summed E-state index contributed by atoms with van der Waals surface area (Å²) < 4.78 is 0. The molecule has 16 heavy (non-hydrogen) atoms. The second kappa shape index (κ2) is 4.01. The maximum absolute atomic E-state index is 12.1. The second-order valence-corrected chi connectivity index (χ2v) is 6.28. The van der Waals surface area contributed by atoms with Gasteiger partial charge in [0.2, 0.25) is 0 Å². The Balaban J connectivity index is 2.33. The SMILES string of the molecule is CCC(=O)C1CCC=C2C(C)CC(C)(C)C21. The highest BCUT2D eigenvalue weighted by atomic mass is 16.1. The van der Waals surface area contributed by atoms with Crippen molar-refractivity contribution >= 4 is 5.78 Å². The van der Waals surface area contributed by atoms with Crippen molar-refractivity contribution in [2.45, 2.75) is 53.4 Å². The van der Waals surface area contributed by atoms with Crippen LogP contribution in [0.25, 0.3) is 0 Å². The summed E-state index contributed by atoms with van der Waals surface area (Å²) in [7, 11) is 0. The zero-order chi connectivity index (χ0) is 11.9. The molecule has 0 aromatic rings. The molecule has 0 heterocycles. The summed E-state index contributed by atoms with van der Waals surface area (Å²) in [6.07, 6.45) is 6.57. The largest absolute Gasteiger partial charge is 0.299 e. The molecule has 0 aromatic heterocycles. The van der Waals surface area contributed by atoms with Gasteiger partial charge in [-0.05, 0) is 36.5 Å². The number of rotatable bonds is 2. The first kappa shape index (κ1) is 11.9. The molecule has 3 unspecified atom stereocenters. The first-order valence-electron chi connectivity index (χ1n) is 6.70. The second-order valence-electron chi connectivity index (χ2n) is 6.28. The van der Waals surface area contributed by atoms with Crippen molar-refractivity contribution in [1.82, 2.24) is 0 Å². The molecule has 0 aliphatic heterocycles. The number of fused-ring (bicyclic) bond motifs is 1. The van der Waals surface area contributed by atoms with Gasteiger partial charge >= 0.3 is 0 Å². The number of Topliss-reactive ketones (excluding diaryl/α,β-unsaturated/α-hetero) is 1. The molecule has 0 amide bonds. The van der Waals surface area contributed by atoms with Gasteiger partial charge < -0.3 is 0 Å². The first-order valence-corrected chi connectivity index (χ1v) is 6.70. The summed E-state index contributed by atoms with van der Waals surface area (Å²) in [5, 5.41) is 0. The van der Waals surface area contributed by atoms with Gasteiger partial charge in [0.1, 0.15) is 5.78 Å². The van der Waals surface area contributed by atoms with Gasteiger partial charge in [-0.3, -0.25) is 4.79 Å². The zero-order valence-corrected chi connectivity index (χ0v) is 11.0. The first-order chi connectivity index (χ1) is 7.47. The normalized spacial score (nSPS) is 36.8. The van der Waals surface area contributed by atoms with E-state index in [0.717, 1.165) is 12.8 Å². The number of ketones is 1. The van der Waals surface area contributed by atoms with Gasteiger partial charge in [0, 0.05) is 12.3 Å². The molecule has 2 aliphatic carbocycles. The number of hydrogen-bond donors (Lipinski definition) is 0. The summed E-state index contributed by atoms with van der Waals surface area (Å²) in [4.78, 5) is 12.1. The molecule has 0 saturated heterocycles. The van der Waals surface area contributed by atoms with Gasteiger partial charge in [-0.15, -0.1) is 0 Å². The van der Waals surface area contributed by atoms with Crippen molar-refractivity contribution in [3.8, 4) is 0 Å². The average molecular weight is 220 g/mol. The third-order valence-electron chi connectivity index (χ3n) is 4.62. The monoisotopic (exact) mass is 220 g/mol. The van der Waals surface area contributed by atoms with Crippen LogP contribution in [-0.4, -0.2) is 5.78 Å². The van der Waals surface area contributed by atoms with E-state index >= 15 is 0 Å². The Morgan fingerprint density at radius 2 is 2.19 bits per heavy atom. The van der Waals surface area contributed by atoms with E-state index in [0.29, 0.717) is 35.4 Å². The fraction of sp³-hybridized carbons (Fsp3) is 0.800. The highest BCUT2D eigenvalue weighted by Gasteiger charge is 2.48. The summed E-state index contributed by atoms with van der Waals surface area (Å²) in [5.41, 5.74) is 1.91. The number of allylic oxidation sites excluding steroid dienone is 2. The fourth-order valence-electron chi connectivity index (χ4n) is 4.10. The summed E-state index contributed by atoms with van der Waals surface area (Å²) >= 11 is 0. The highest BCUT2D eigenvalue weighted by molar-refractivity contribution is 5.81. The number of hydrogen-bond acceptors (Lipinski definition) is 1. The van der Waals surface area contributed by atoms with Crippen molar-refractivity contribution in [3.63, 3.8) is 0 Å². The summed E-state index contributed by atoms with van der Waals surface area (Å²) in [6, 6.07) is 0. The van der Waals surface area contributed by atoms with E-state index in [4.69, 9.17) is 0 Å². The van der Waals surface area contributed by atoms with Crippen LogP contribution in [0.3, 0.4) is 0 Å². The van der Waals surface area contributed by atoms with E-state index in [9.17, 15) is 4.79 Å². The molecule has 0 spiro atoms. The summed E-state index contributed by atoms with van der Waals surface area (Å²) in [6.45, 7) is 9.02. The maximum atomic E-state index is 12.1. The van der Waals surface area contributed by atoms with E-state index in [1.54, 1.807) is 5.57 Å². The van der Waals surface area contributed by atoms with Gasteiger partial charge in [0.15, 0.2) is 0 Å². The van der Waals surface area contributed by atoms with Crippen molar-refractivity contribution in [2.24, 2.45) is 23.2 Å². The van der Waals surface area contributed by atoms with E-state index in [-0.39, 0.29) is 0 Å². The number of carbonyl (C=O) groups is 1. The lowest BCUT2D eigenvalue weighted by atomic mass is 9.67. The Bertz CT molecular complexity index is 324. The van der Waals surface area contributed by atoms with Gasteiger partial charge in [0.25, 0.3) is 0 Å². The molecular weight excluding hydrogens is 196 g/mol. The van der Waals surface area contributed by atoms with Crippen LogP contribution in [0.4, 0.5) is 0 Å². The van der Waals surface area contributed by atoms with Gasteiger partial charge in [-0.1, -0.05) is 39.3 Å². The molecule has 3 atom stereocenters. The Kier molecular flexibility index (Phi) is 2.98. The lowest BCUT2D eigenvalue weighted by Gasteiger charge is -2.36. The minimum Gasteiger partial charge on any atom is -0.299 e. The third-order valence-corrected chi connectivity index (χ3v) is 4.62. The third kappa shape index (κ3) is 1.74. The van der Waals surface area contributed by atoms with Crippen molar-refractivity contribution < 1.29 is 4.79 Å². The van der Waals surface area contributed by atoms with Crippen LogP contribution in [0.1, 0.15) is 53.4 Å². The molecule has 1 fully saturated rings. The smallest absolute Gasteiger partial charge is 0.136 e. The molecule has 90 valence electrons. The van der Waals surface area contributed by atoms with Crippen LogP contribution >= 0.6 is 0 Å². The summed E-state index contributed by atoms with van der Waals surface area (Å²) in [5.74, 6) is 2.01. The standard InChI is InChI=1S/C15H24O/c1-5-13(16)12-8-6-7-11-10(2)9-15(3,4)14(11)12/h7,10,12,14H,5-6,8-9H2,1-4H3. The van der Waals surface area contributed by atoms with Gasteiger partial charge in [-0.25, -0.2) is 0 Å².